The number of para-hydroxylation sites is 4. The molecule has 6 nitrogen and oxygen atoms in total. The smallest absolute Gasteiger partial charge is 0.220 e. The van der Waals surface area contributed by atoms with Crippen LogP contribution in [0.15, 0.2) is 218 Å². The van der Waals surface area contributed by atoms with Gasteiger partial charge in [-0.1, -0.05) is 158 Å². The Morgan fingerprint density at radius 2 is 0.686 bits per heavy atom. The molecule has 0 saturated carbocycles. The number of nitrogens with zero attached hydrogens (tertiary/aromatic N) is 6. The maximum atomic E-state index is 5.36. The van der Waals surface area contributed by atoms with E-state index in [1.54, 1.807) is 0 Å². The Labute approximate surface area is 407 Å². The normalized spacial score (nSPS) is 12.3. The minimum absolute atomic E-state index is 0.895. The first-order chi connectivity index (χ1) is 34.7. The second kappa shape index (κ2) is 14.4. The summed E-state index contributed by atoms with van der Waals surface area (Å²) in [5, 5.41) is 5.05. The second-order valence-electron chi connectivity index (χ2n) is 18.2. The first-order valence-corrected chi connectivity index (χ1v) is 25.2. The monoisotopic (exact) mass is 928 g/mol. The average molecular weight is 929 g/mol. The molecule has 0 aliphatic rings. The van der Waals surface area contributed by atoms with E-state index in [9.17, 15) is 0 Å². The zero-order valence-electron chi connectivity index (χ0n) is 37.3. The highest BCUT2D eigenvalue weighted by Crippen LogP contribution is 2.46. The van der Waals surface area contributed by atoms with Gasteiger partial charge in [-0.2, -0.15) is 0 Å². The molecule has 10 aromatic carbocycles. The average Bonchev–Trinajstić information content (AvgIpc) is 4.27. The summed E-state index contributed by atoms with van der Waals surface area (Å²) >= 11 is 3.74. The molecule has 0 fully saturated rings. The van der Waals surface area contributed by atoms with Crippen LogP contribution in [0.1, 0.15) is 0 Å². The van der Waals surface area contributed by atoms with Crippen molar-refractivity contribution >= 4 is 119 Å². The summed E-state index contributed by atoms with van der Waals surface area (Å²) in [7, 11) is 0. The SMILES string of the molecule is c1ccc(-c2cccc3c2sc2c(-n4c5ccc(-c6ccc7c(c6)n6c8ccccc8nc6n7-c6cccc7c6sc6c(-c8ccccc8)cccc67)cc5n5c6ccccc6nc45)cccc23)cc1. The largest absolute Gasteiger partial charge is 0.277 e. The molecule has 8 heteroatoms. The summed E-state index contributed by atoms with van der Waals surface area (Å²) in [6.45, 7) is 0. The third kappa shape index (κ3) is 5.26. The Balaban J connectivity index is 0.914. The van der Waals surface area contributed by atoms with Crippen molar-refractivity contribution in [2.24, 2.45) is 0 Å². The third-order valence-corrected chi connectivity index (χ3v) is 16.9. The van der Waals surface area contributed by atoms with Gasteiger partial charge >= 0.3 is 0 Å². The first-order valence-electron chi connectivity index (χ1n) is 23.6. The Hall–Kier alpha value is -8.82. The van der Waals surface area contributed by atoms with Crippen LogP contribution in [-0.2, 0) is 0 Å². The molecule has 0 aliphatic heterocycles. The fourth-order valence-corrected chi connectivity index (χ4v) is 14.0. The quantitative estimate of drug-likeness (QED) is 0.173. The number of rotatable bonds is 5. The van der Waals surface area contributed by atoms with Gasteiger partial charge < -0.3 is 0 Å². The van der Waals surface area contributed by atoms with Crippen LogP contribution in [0.2, 0.25) is 0 Å². The molecule has 16 aromatic rings. The standard InChI is InChI=1S/C62H36N6S2/c1-3-15-37(16-4-1)41-19-11-21-43-45-23-13-29-53(59(45)69-57(41)43)67-51-33-31-39(35-55(51)65-49-27-9-7-25-47(49)63-61(65)67)40-32-34-52-56(36-40)66-50-28-10-8-26-48(50)64-62(66)68(52)54-30-14-24-46-44-22-12-20-42(58(44)70-60(46)54)38-17-5-2-6-18-38/h1-36H. The predicted molar refractivity (Wildman–Crippen MR) is 295 cm³/mol. The van der Waals surface area contributed by atoms with Gasteiger partial charge in [0.25, 0.3) is 0 Å². The van der Waals surface area contributed by atoms with Crippen molar-refractivity contribution in [1.29, 1.82) is 0 Å². The summed E-state index contributed by atoms with van der Waals surface area (Å²) in [6, 6.07) is 79.2. The van der Waals surface area contributed by atoms with Crippen LogP contribution >= 0.6 is 22.7 Å². The molecule has 0 radical (unpaired) electrons. The van der Waals surface area contributed by atoms with Gasteiger partial charge in [0.1, 0.15) is 0 Å². The van der Waals surface area contributed by atoms with Gasteiger partial charge in [-0.3, -0.25) is 17.9 Å². The van der Waals surface area contributed by atoms with Crippen LogP contribution in [0.4, 0.5) is 0 Å². The lowest BCUT2D eigenvalue weighted by atomic mass is 10.0. The van der Waals surface area contributed by atoms with Gasteiger partial charge in [0.2, 0.25) is 11.6 Å². The van der Waals surface area contributed by atoms with Crippen molar-refractivity contribution in [2.75, 3.05) is 0 Å². The molecule has 0 atom stereocenters. The van der Waals surface area contributed by atoms with Gasteiger partial charge in [-0.15, -0.1) is 22.7 Å². The van der Waals surface area contributed by atoms with E-state index in [4.69, 9.17) is 9.97 Å². The molecule has 326 valence electrons. The predicted octanol–water partition coefficient (Wildman–Crippen LogP) is 16.9. The minimum atomic E-state index is 0.895. The lowest BCUT2D eigenvalue weighted by Gasteiger charge is -2.09. The number of fused-ring (bicyclic) bond motifs is 16. The van der Waals surface area contributed by atoms with Gasteiger partial charge in [0.15, 0.2) is 0 Å². The summed E-state index contributed by atoms with van der Waals surface area (Å²) < 4.78 is 14.5. The second-order valence-corrected chi connectivity index (χ2v) is 20.2. The van der Waals surface area contributed by atoms with E-state index in [1.165, 1.54) is 62.6 Å². The molecule has 6 aromatic heterocycles. The van der Waals surface area contributed by atoms with Crippen molar-refractivity contribution in [1.82, 2.24) is 27.9 Å². The highest BCUT2D eigenvalue weighted by Gasteiger charge is 2.24. The zero-order chi connectivity index (χ0) is 45.6. The van der Waals surface area contributed by atoms with E-state index in [2.05, 4.69) is 236 Å². The Bertz CT molecular complexity index is 4520. The van der Waals surface area contributed by atoms with Crippen molar-refractivity contribution in [3.05, 3.63) is 218 Å². The van der Waals surface area contributed by atoms with E-state index >= 15 is 0 Å². The molecule has 0 amide bonds. The van der Waals surface area contributed by atoms with Crippen molar-refractivity contribution in [3.63, 3.8) is 0 Å². The fourth-order valence-electron chi connectivity index (χ4n) is 11.3. The van der Waals surface area contributed by atoms with Gasteiger partial charge in [-0.25, -0.2) is 9.97 Å². The van der Waals surface area contributed by atoms with Crippen LogP contribution in [0.3, 0.4) is 0 Å². The molecule has 6 heterocycles. The molecule has 0 saturated heterocycles. The van der Waals surface area contributed by atoms with Gasteiger partial charge in [0, 0.05) is 30.9 Å². The highest BCUT2D eigenvalue weighted by atomic mass is 32.1. The summed E-state index contributed by atoms with van der Waals surface area (Å²) in [5.41, 5.74) is 18.0. The van der Waals surface area contributed by atoms with Crippen molar-refractivity contribution < 1.29 is 0 Å². The maximum Gasteiger partial charge on any atom is 0.220 e. The minimum Gasteiger partial charge on any atom is -0.277 e. The Morgan fingerprint density at radius 1 is 0.286 bits per heavy atom. The van der Waals surface area contributed by atoms with Crippen LogP contribution in [-0.4, -0.2) is 27.9 Å². The van der Waals surface area contributed by atoms with E-state index < -0.39 is 0 Å². The first kappa shape index (κ1) is 38.2. The molecule has 16 rings (SSSR count). The van der Waals surface area contributed by atoms with Crippen LogP contribution in [0, 0.1) is 0 Å². The van der Waals surface area contributed by atoms with Crippen LogP contribution < -0.4 is 0 Å². The molecule has 70 heavy (non-hydrogen) atoms. The van der Waals surface area contributed by atoms with Crippen LogP contribution in [0.5, 0.6) is 0 Å². The number of imidazole rings is 4. The number of hydrogen-bond acceptors (Lipinski definition) is 4. The summed E-state index contributed by atoms with van der Waals surface area (Å²) in [6.07, 6.45) is 0. The lowest BCUT2D eigenvalue weighted by molar-refractivity contribution is 1.12. The van der Waals surface area contributed by atoms with E-state index in [1.807, 2.05) is 22.7 Å². The molecular weight excluding hydrogens is 893 g/mol. The maximum absolute atomic E-state index is 5.36. The van der Waals surface area contributed by atoms with Crippen LogP contribution in [0.25, 0.3) is 141 Å². The number of aromatic nitrogens is 6. The molecule has 0 spiro atoms. The molecular formula is C62H36N6S2. The molecule has 0 bridgehead atoms. The topological polar surface area (TPSA) is 44.5 Å². The number of benzene rings is 10. The van der Waals surface area contributed by atoms with E-state index in [-0.39, 0.29) is 0 Å². The van der Waals surface area contributed by atoms with E-state index in [0.29, 0.717) is 0 Å². The van der Waals surface area contributed by atoms with E-state index in [0.717, 1.165) is 78.2 Å². The van der Waals surface area contributed by atoms with Gasteiger partial charge in [-0.05, 0) is 94.0 Å². The van der Waals surface area contributed by atoms with Crippen molar-refractivity contribution in [2.45, 2.75) is 0 Å². The highest BCUT2D eigenvalue weighted by molar-refractivity contribution is 7.27. The molecule has 0 unspecified atom stereocenters. The van der Waals surface area contributed by atoms with Crippen molar-refractivity contribution in [3.8, 4) is 44.8 Å². The molecule has 0 N–H and O–H groups in total. The summed E-state index contributed by atoms with van der Waals surface area (Å²) in [5.74, 6) is 1.79. The lowest BCUT2D eigenvalue weighted by Crippen LogP contribution is -1.95. The van der Waals surface area contributed by atoms with Gasteiger partial charge in [0.05, 0.1) is 64.9 Å². The Morgan fingerprint density at radius 3 is 1.14 bits per heavy atom. The zero-order valence-corrected chi connectivity index (χ0v) is 38.9. The third-order valence-electron chi connectivity index (χ3n) is 14.4. The Kier molecular flexibility index (Phi) is 7.83. The number of hydrogen-bond donors (Lipinski definition) is 0. The fraction of sp³-hybridized carbons (Fsp3) is 0. The number of thiophene rings is 2. The molecule has 0 aliphatic carbocycles. The summed E-state index contributed by atoms with van der Waals surface area (Å²) in [4.78, 5) is 10.7.